The molecule has 1 heterocycles. The second kappa shape index (κ2) is 8.77. The molecule has 0 aliphatic heterocycles. The molecule has 172 valence electrons. The van der Waals surface area contributed by atoms with Gasteiger partial charge in [0.05, 0.1) is 5.52 Å². The van der Waals surface area contributed by atoms with Crippen molar-refractivity contribution < 1.29 is 18.8 Å². The molecule has 4 rings (SSSR count). The lowest BCUT2D eigenvalue weighted by Gasteiger charge is -2.30. The largest absolute Gasteiger partial charge is 0.352 e. The average Bonchev–Trinajstić information content (AvgIpc) is 3.51. The molecule has 1 aliphatic carbocycles. The van der Waals surface area contributed by atoms with Crippen LogP contribution in [0.4, 0.5) is 4.39 Å². The summed E-state index contributed by atoms with van der Waals surface area (Å²) in [6.45, 7) is 5.57. The Kier molecular flexibility index (Phi) is 6.01. The number of halogens is 1. The number of fused-ring (bicyclic) bond motifs is 1. The summed E-state index contributed by atoms with van der Waals surface area (Å²) >= 11 is 0. The van der Waals surface area contributed by atoms with E-state index >= 15 is 0 Å². The molecule has 33 heavy (non-hydrogen) atoms. The molecule has 3 aromatic rings. The van der Waals surface area contributed by atoms with Gasteiger partial charge < -0.3 is 10.6 Å². The maximum Gasteiger partial charge on any atom is 0.273 e. The van der Waals surface area contributed by atoms with Crippen molar-refractivity contribution >= 4 is 28.5 Å². The van der Waals surface area contributed by atoms with E-state index in [4.69, 9.17) is 0 Å². The van der Waals surface area contributed by atoms with Gasteiger partial charge in [0.1, 0.15) is 18.4 Å². The average molecular weight is 451 g/mol. The number of nitrogens with one attached hydrogen (secondary N) is 2. The van der Waals surface area contributed by atoms with Crippen LogP contribution in [0, 0.1) is 11.2 Å². The van der Waals surface area contributed by atoms with Crippen LogP contribution >= 0.6 is 0 Å². The highest BCUT2D eigenvalue weighted by Gasteiger charge is 2.36. The van der Waals surface area contributed by atoms with Crippen LogP contribution < -0.4 is 10.6 Å². The summed E-state index contributed by atoms with van der Waals surface area (Å²) in [5.74, 6) is -1.38. The quantitative estimate of drug-likeness (QED) is 0.539. The summed E-state index contributed by atoms with van der Waals surface area (Å²) in [7, 11) is 0. The first-order valence-corrected chi connectivity index (χ1v) is 11.0. The minimum atomic E-state index is -0.740. The van der Waals surface area contributed by atoms with Crippen molar-refractivity contribution in [1.29, 1.82) is 0 Å². The normalized spacial score (nSPS) is 14.7. The molecular weight excluding hydrogens is 423 g/mol. The highest BCUT2D eigenvalue weighted by molar-refractivity contribution is 6.07. The number of ketones is 1. The van der Waals surface area contributed by atoms with Gasteiger partial charge in [0.25, 0.3) is 5.91 Å². The molecule has 2 aromatic carbocycles. The van der Waals surface area contributed by atoms with Crippen molar-refractivity contribution in [3.8, 4) is 0 Å². The van der Waals surface area contributed by atoms with Crippen LogP contribution in [0.5, 0.6) is 0 Å². The maximum atomic E-state index is 13.2. The fraction of sp³-hybridized carbons (Fsp3) is 0.360. The lowest BCUT2D eigenvalue weighted by molar-refractivity contribution is -0.125. The molecule has 1 unspecified atom stereocenters. The number of aromatic nitrogens is 2. The summed E-state index contributed by atoms with van der Waals surface area (Å²) in [5, 5.41) is 10.8. The Morgan fingerprint density at radius 1 is 1.09 bits per heavy atom. The first-order chi connectivity index (χ1) is 15.6. The second-order valence-corrected chi connectivity index (χ2v) is 9.51. The van der Waals surface area contributed by atoms with Gasteiger partial charge >= 0.3 is 0 Å². The van der Waals surface area contributed by atoms with Gasteiger partial charge in [-0.05, 0) is 48.6 Å². The predicted octanol–water partition coefficient (Wildman–Crippen LogP) is 3.48. The van der Waals surface area contributed by atoms with Crippen LogP contribution in [0.3, 0.4) is 0 Å². The van der Waals surface area contributed by atoms with E-state index in [0.717, 1.165) is 12.8 Å². The van der Waals surface area contributed by atoms with Crippen molar-refractivity contribution in [2.75, 3.05) is 0 Å². The van der Waals surface area contributed by atoms with E-state index in [1.54, 1.807) is 24.3 Å². The van der Waals surface area contributed by atoms with Crippen molar-refractivity contribution in [2.24, 2.45) is 5.41 Å². The Bertz CT molecular complexity index is 1210. The fourth-order valence-electron chi connectivity index (χ4n) is 3.67. The summed E-state index contributed by atoms with van der Waals surface area (Å²) in [6, 6.07) is 11.9. The minimum Gasteiger partial charge on any atom is -0.352 e. The molecule has 0 radical (unpaired) electrons. The van der Waals surface area contributed by atoms with E-state index in [9.17, 15) is 18.8 Å². The van der Waals surface area contributed by atoms with Gasteiger partial charge in [-0.1, -0.05) is 39.0 Å². The molecule has 0 spiro atoms. The number of carbonyl (C=O) groups excluding carboxylic acids is 3. The molecule has 8 heteroatoms. The van der Waals surface area contributed by atoms with Gasteiger partial charge in [-0.15, -0.1) is 0 Å². The topological polar surface area (TPSA) is 93.1 Å². The van der Waals surface area contributed by atoms with E-state index in [0.29, 0.717) is 16.5 Å². The van der Waals surface area contributed by atoms with Crippen molar-refractivity contribution in [3.63, 3.8) is 0 Å². The van der Waals surface area contributed by atoms with Gasteiger partial charge in [0.2, 0.25) is 5.91 Å². The number of rotatable bonds is 7. The lowest BCUT2D eigenvalue weighted by atomic mass is 9.86. The van der Waals surface area contributed by atoms with Crippen LogP contribution in [-0.4, -0.2) is 39.5 Å². The summed E-state index contributed by atoms with van der Waals surface area (Å²) in [4.78, 5) is 38.7. The van der Waals surface area contributed by atoms with Crippen molar-refractivity contribution in [3.05, 3.63) is 65.6 Å². The zero-order chi connectivity index (χ0) is 23.8. The van der Waals surface area contributed by atoms with E-state index in [1.165, 1.54) is 28.9 Å². The van der Waals surface area contributed by atoms with E-state index in [2.05, 4.69) is 15.7 Å². The summed E-state index contributed by atoms with van der Waals surface area (Å²) in [6.07, 6.45) is 1.90. The molecule has 1 atom stereocenters. The smallest absolute Gasteiger partial charge is 0.273 e. The zero-order valence-corrected chi connectivity index (χ0v) is 18.9. The SMILES string of the molecule is CC(C)(C)C(NC(=O)c1nn(CC(=O)c2ccc(F)cc2)c2ccccc12)C(=O)NC1CC1. The van der Waals surface area contributed by atoms with Crippen molar-refractivity contribution in [1.82, 2.24) is 20.4 Å². The van der Waals surface area contributed by atoms with Gasteiger partial charge in [0, 0.05) is 17.0 Å². The van der Waals surface area contributed by atoms with Crippen LogP contribution in [0.15, 0.2) is 48.5 Å². The number of hydrogen-bond acceptors (Lipinski definition) is 4. The Morgan fingerprint density at radius 2 is 1.76 bits per heavy atom. The highest BCUT2D eigenvalue weighted by atomic mass is 19.1. The molecule has 2 amide bonds. The fourth-order valence-corrected chi connectivity index (χ4v) is 3.67. The number of nitrogens with zero attached hydrogens (tertiary/aromatic N) is 2. The molecule has 1 fully saturated rings. The number of carbonyl (C=O) groups is 3. The van der Waals surface area contributed by atoms with Gasteiger partial charge in [-0.2, -0.15) is 5.10 Å². The number of Topliss-reactive ketones (excluding diaryl/α,β-unsaturated/α-hetero) is 1. The van der Waals surface area contributed by atoms with Crippen LogP contribution in [0.1, 0.15) is 54.5 Å². The van der Waals surface area contributed by atoms with E-state index < -0.39 is 23.2 Å². The lowest BCUT2D eigenvalue weighted by Crippen LogP contribution is -2.54. The molecule has 1 aliphatic rings. The van der Waals surface area contributed by atoms with Crippen molar-refractivity contribution in [2.45, 2.75) is 52.2 Å². The number of para-hydroxylation sites is 1. The van der Waals surface area contributed by atoms with Gasteiger partial charge in [-0.3, -0.25) is 19.1 Å². The Hall–Kier alpha value is -3.55. The Labute approximate surface area is 191 Å². The molecule has 2 N–H and O–H groups in total. The monoisotopic (exact) mass is 450 g/mol. The van der Waals surface area contributed by atoms with Gasteiger partial charge in [-0.25, -0.2) is 4.39 Å². The third-order valence-corrected chi connectivity index (χ3v) is 5.66. The zero-order valence-electron chi connectivity index (χ0n) is 18.9. The summed E-state index contributed by atoms with van der Waals surface area (Å²) in [5.41, 5.74) is 0.608. The van der Waals surface area contributed by atoms with E-state index in [-0.39, 0.29) is 30.0 Å². The standard InChI is InChI=1S/C25H27FN4O3/c1-25(2,3)22(24(33)27-17-12-13-17)28-23(32)21-18-6-4-5-7-19(18)30(29-21)14-20(31)15-8-10-16(26)11-9-15/h4-11,17,22H,12-14H2,1-3H3,(H,27,33)(H,28,32). The predicted molar refractivity (Wildman–Crippen MR) is 122 cm³/mol. The van der Waals surface area contributed by atoms with Crippen LogP contribution in [-0.2, 0) is 11.3 Å². The maximum absolute atomic E-state index is 13.2. The second-order valence-electron chi connectivity index (χ2n) is 9.51. The summed E-state index contributed by atoms with van der Waals surface area (Å²) < 4.78 is 14.7. The number of hydrogen-bond donors (Lipinski definition) is 2. The first-order valence-electron chi connectivity index (χ1n) is 11.0. The Morgan fingerprint density at radius 3 is 2.39 bits per heavy atom. The molecular formula is C25H27FN4O3. The third-order valence-electron chi connectivity index (χ3n) is 5.66. The highest BCUT2D eigenvalue weighted by Crippen LogP contribution is 2.25. The van der Waals surface area contributed by atoms with Gasteiger partial charge in [0.15, 0.2) is 11.5 Å². The van der Waals surface area contributed by atoms with Crippen LogP contribution in [0.2, 0.25) is 0 Å². The third kappa shape index (κ3) is 5.10. The van der Waals surface area contributed by atoms with E-state index in [1.807, 2.05) is 20.8 Å². The molecule has 1 saturated carbocycles. The molecule has 0 saturated heterocycles. The number of amides is 2. The molecule has 7 nitrogen and oxygen atoms in total. The first kappa shape index (κ1) is 22.6. The minimum absolute atomic E-state index is 0.107. The molecule has 0 bridgehead atoms. The Balaban J connectivity index is 1.60. The molecule has 1 aromatic heterocycles. The van der Waals surface area contributed by atoms with Crippen LogP contribution in [0.25, 0.3) is 10.9 Å². The number of benzene rings is 2.